The number of carbonyl (C=O) groups excluding carboxylic acids is 1. The summed E-state index contributed by atoms with van der Waals surface area (Å²) in [6.45, 7) is 7.85. The number of nitrogens with two attached hydrogens (primary N) is 1. The van der Waals surface area contributed by atoms with Gasteiger partial charge in [-0.15, -0.1) is 11.3 Å². The highest BCUT2D eigenvalue weighted by atomic mass is 32.1. The summed E-state index contributed by atoms with van der Waals surface area (Å²) >= 11 is 1.42. The molecule has 1 rings (SSSR count). The van der Waals surface area contributed by atoms with Crippen LogP contribution in [0, 0.1) is 5.92 Å². The molecular formula is C12H20N2OS. The Kier molecular flexibility index (Phi) is 4.80. The predicted molar refractivity (Wildman–Crippen MR) is 69.8 cm³/mol. The molecule has 0 aliphatic carbocycles. The summed E-state index contributed by atoms with van der Waals surface area (Å²) in [4.78, 5) is 14.7. The number of rotatable bonds is 5. The Morgan fingerprint density at radius 3 is 2.69 bits per heavy atom. The fraction of sp³-hybridized carbons (Fsp3) is 0.583. The van der Waals surface area contributed by atoms with Crippen molar-refractivity contribution < 1.29 is 4.79 Å². The summed E-state index contributed by atoms with van der Waals surface area (Å²) in [6, 6.07) is 1.79. The Hall–Kier alpha value is -1.03. The predicted octanol–water partition coefficient (Wildman–Crippen LogP) is 2.84. The molecule has 0 spiro atoms. The van der Waals surface area contributed by atoms with E-state index in [2.05, 4.69) is 13.8 Å². The first-order valence-electron chi connectivity index (χ1n) is 5.72. The Bertz CT molecular complexity index is 349. The fourth-order valence-electron chi connectivity index (χ4n) is 1.50. The van der Waals surface area contributed by atoms with Gasteiger partial charge < -0.3 is 10.6 Å². The van der Waals surface area contributed by atoms with Crippen LogP contribution in [0.2, 0.25) is 0 Å². The van der Waals surface area contributed by atoms with Crippen molar-refractivity contribution >= 4 is 22.9 Å². The van der Waals surface area contributed by atoms with E-state index in [4.69, 9.17) is 5.73 Å². The molecule has 2 N–H and O–H groups in total. The van der Waals surface area contributed by atoms with E-state index in [-0.39, 0.29) is 5.91 Å². The lowest BCUT2D eigenvalue weighted by Gasteiger charge is -2.23. The number of hydrogen-bond donors (Lipinski definition) is 1. The molecule has 0 saturated heterocycles. The number of nitrogen functional groups attached to an aromatic ring is 1. The molecule has 0 saturated carbocycles. The Labute approximate surface area is 101 Å². The Morgan fingerprint density at radius 2 is 2.25 bits per heavy atom. The highest BCUT2D eigenvalue weighted by molar-refractivity contribution is 7.12. The SMILES string of the molecule is CCC(C)CN(CC)C(=O)c1sccc1N. The van der Waals surface area contributed by atoms with Gasteiger partial charge in [0.05, 0.1) is 5.69 Å². The zero-order valence-corrected chi connectivity index (χ0v) is 11.0. The van der Waals surface area contributed by atoms with Crippen LogP contribution in [-0.4, -0.2) is 23.9 Å². The van der Waals surface area contributed by atoms with Crippen LogP contribution >= 0.6 is 11.3 Å². The largest absolute Gasteiger partial charge is 0.397 e. The molecule has 1 atom stereocenters. The third-order valence-electron chi connectivity index (χ3n) is 2.79. The first kappa shape index (κ1) is 13.0. The number of thiophene rings is 1. The second kappa shape index (κ2) is 5.89. The lowest BCUT2D eigenvalue weighted by molar-refractivity contribution is 0.0746. The van der Waals surface area contributed by atoms with Gasteiger partial charge in [-0.2, -0.15) is 0 Å². The number of hydrogen-bond acceptors (Lipinski definition) is 3. The first-order chi connectivity index (χ1) is 7.60. The molecule has 1 aromatic rings. The maximum Gasteiger partial charge on any atom is 0.266 e. The molecule has 1 heterocycles. The molecule has 0 radical (unpaired) electrons. The topological polar surface area (TPSA) is 46.3 Å². The molecule has 4 heteroatoms. The van der Waals surface area contributed by atoms with E-state index >= 15 is 0 Å². The minimum absolute atomic E-state index is 0.0651. The monoisotopic (exact) mass is 240 g/mol. The second-order valence-corrected chi connectivity index (χ2v) is 4.98. The Balaban J connectivity index is 2.74. The van der Waals surface area contributed by atoms with E-state index in [1.54, 1.807) is 6.07 Å². The van der Waals surface area contributed by atoms with Crippen LogP contribution in [0.4, 0.5) is 5.69 Å². The first-order valence-corrected chi connectivity index (χ1v) is 6.60. The molecule has 0 fully saturated rings. The van der Waals surface area contributed by atoms with E-state index in [9.17, 15) is 4.79 Å². The molecule has 1 unspecified atom stereocenters. The van der Waals surface area contributed by atoms with Crippen LogP contribution in [0.15, 0.2) is 11.4 Å². The van der Waals surface area contributed by atoms with Crippen molar-refractivity contribution in [3.05, 3.63) is 16.3 Å². The van der Waals surface area contributed by atoms with Crippen LogP contribution in [0.3, 0.4) is 0 Å². The molecule has 90 valence electrons. The van der Waals surface area contributed by atoms with Gasteiger partial charge in [-0.25, -0.2) is 0 Å². The van der Waals surface area contributed by atoms with Gasteiger partial charge in [0, 0.05) is 13.1 Å². The lowest BCUT2D eigenvalue weighted by Crippen LogP contribution is -2.34. The van der Waals surface area contributed by atoms with Crippen molar-refractivity contribution in [1.82, 2.24) is 4.90 Å². The fourth-order valence-corrected chi connectivity index (χ4v) is 2.28. The molecule has 0 aliphatic rings. The molecule has 16 heavy (non-hydrogen) atoms. The van der Waals surface area contributed by atoms with Gasteiger partial charge in [0.15, 0.2) is 0 Å². The summed E-state index contributed by atoms with van der Waals surface area (Å²) in [5.41, 5.74) is 6.36. The van der Waals surface area contributed by atoms with Crippen molar-refractivity contribution in [2.24, 2.45) is 5.92 Å². The van der Waals surface area contributed by atoms with E-state index in [1.165, 1.54) is 11.3 Å². The minimum Gasteiger partial charge on any atom is -0.397 e. The van der Waals surface area contributed by atoms with Crippen molar-refractivity contribution in [3.8, 4) is 0 Å². The molecule has 0 bridgehead atoms. The molecule has 0 aromatic carbocycles. The van der Waals surface area contributed by atoms with Crippen LogP contribution in [0.25, 0.3) is 0 Å². The Morgan fingerprint density at radius 1 is 1.56 bits per heavy atom. The summed E-state index contributed by atoms with van der Waals surface area (Å²) in [5, 5.41) is 1.86. The normalized spacial score (nSPS) is 12.4. The highest BCUT2D eigenvalue weighted by Crippen LogP contribution is 2.21. The van der Waals surface area contributed by atoms with Crippen molar-refractivity contribution in [2.75, 3.05) is 18.8 Å². The molecule has 3 nitrogen and oxygen atoms in total. The second-order valence-electron chi connectivity index (χ2n) is 4.06. The van der Waals surface area contributed by atoms with Crippen LogP contribution in [-0.2, 0) is 0 Å². The summed E-state index contributed by atoms with van der Waals surface area (Å²) in [6.07, 6.45) is 1.09. The average Bonchev–Trinajstić information content (AvgIpc) is 2.71. The number of amides is 1. The van der Waals surface area contributed by atoms with Crippen molar-refractivity contribution in [2.45, 2.75) is 27.2 Å². The van der Waals surface area contributed by atoms with Crippen LogP contribution in [0.5, 0.6) is 0 Å². The zero-order chi connectivity index (χ0) is 12.1. The van der Waals surface area contributed by atoms with Gasteiger partial charge >= 0.3 is 0 Å². The maximum absolute atomic E-state index is 12.2. The van der Waals surface area contributed by atoms with Gasteiger partial charge in [-0.1, -0.05) is 20.3 Å². The third kappa shape index (κ3) is 2.98. The van der Waals surface area contributed by atoms with E-state index < -0.39 is 0 Å². The molecular weight excluding hydrogens is 220 g/mol. The highest BCUT2D eigenvalue weighted by Gasteiger charge is 2.19. The summed E-state index contributed by atoms with van der Waals surface area (Å²) < 4.78 is 0. The summed E-state index contributed by atoms with van der Waals surface area (Å²) in [7, 11) is 0. The zero-order valence-electron chi connectivity index (χ0n) is 10.2. The van der Waals surface area contributed by atoms with Crippen molar-refractivity contribution in [1.29, 1.82) is 0 Å². The maximum atomic E-state index is 12.2. The number of carbonyl (C=O) groups is 1. The summed E-state index contributed by atoms with van der Waals surface area (Å²) in [5.74, 6) is 0.598. The molecule has 1 amide bonds. The van der Waals surface area contributed by atoms with Gasteiger partial charge in [-0.3, -0.25) is 4.79 Å². The standard InChI is InChI=1S/C12H20N2OS/c1-4-9(3)8-14(5-2)12(15)11-10(13)6-7-16-11/h6-7,9H,4-5,8,13H2,1-3H3. The van der Waals surface area contributed by atoms with E-state index in [0.29, 0.717) is 16.5 Å². The van der Waals surface area contributed by atoms with Gasteiger partial charge in [0.25, 0.3) is 5.91 Å². The van der Waals surface area contributed by atoms with Crippen molar-refractivity contribution in [3.63, 3.8) is 0 Å². The molecule has 1 aromatic heterocycles. The minimum atomic E-state index is 0.0651. The van der Waals surface area contributed by atoms with Gasteiger partial charge in [0.2, 0.25) is 0 Å². The quantitative estimate of drug-likeness (QED) is 0.860. The average molecular weight is 240 g/mol. The van der Waals surface area contributed by atoms with Crippen LogP contribution in [0.1, 0.15) is 36.9 Å². The smallest absolute Gasteiger partial charge is 0.266 e. The number of nitrogens with zero attached hydrogens (tertiary/aromatic N) is 1. The number of anilines is 1. The van der Waals surface area contributed by atoms with Crippen LogP contribution < -0.4 is 5.73 Å². The molecule has 0 aliphatic heterocycles. The van der Waals surface area contributed by atoms with Gasteiger partial charge in [0.1, 0.15) is 4.88 Å². The van der Waals surface area contributed by atoms with E-state index in [1.807, 2.05) is 17.2 Å². The third-order valence-corrected chi connectivity index (χ3v) is 3.71. The van der Waals surface area contributed by atoms with Gasteiger partial charge in [-0.05, 0) is 24.3 Å². The van der Waals surface area contributed by atoms with E-state index in [0.717, 1.165) is 19.5 Å². The lowest BCUT2D eigenvalue weighted by atomic mass is 10.1.